The van der Waals surface area contributed by atoms with Gasteiger partial charge in [0.15, 0.2) is 5.78 Å². The largest absolute Gasteiger partial charge is 0.322 e. The second kappa shape index (κ2) is 8.23. The van der Waals surface area contributed by atoms with Gasteiger partial charge >= 0.3 is 0 Å². The van der Waals surface area contributed by atoms with Gasteiger partial charge in [0, 0.05) is 24.1 Å². The number of nitrogens with zero attached hydrogens (tertiary/aromatic N) is 4. The van der Waals surface area contributed by atoms with E-state index in [9.17, 15) is 14.0 Å². The number of carbonyl (C=O) groups excluding carboxylic acids is 2. The molecule has 1 aliphatic carbocycles. The second-order valence-electron chi connectivity index (χ2n) is 7.71. The number of aromatic nitrogens is 3. The molecule has 1 atom stereocenters. The summed E-state index contributed by atoms with van der Waals surface area (Å²) < 4.78 is 14.7. The summed E-state index contributed by atoms with van der Waals surface area (Å²) in [6, 6.07) is 12.9. The minimum Gasteiger partial charge on any atom is -0.322 e. The number of likely N-dealkylation sites (N-methyl/N-ethyl adjacent to an activating group) is 1. The average molecular weight is 441 g/mol. The molecule has 3 aromatic rings. The molecule has 1 aliphatic rings. The molecule has 0 spiro atoms. The van der Waals surface area contributed by atoms with Gasteiger partial charge in [0.05, 0.1) is 5.69 Å². The summed E-state index contributed by atoms with van der Waals surface area (Å²) in [4.78, 5) is 32.5. The maximum atomic E-state index is 13.5. The summed E-state index contributed by atoms with van der Waals surface area (Å²) in [6.07, 6.45) is 2.43. The molecule has 1 unspecified atom stereocenters. The molecule has 8 heteroatoms. The molecular formula is C23H22ClFN4O2. The number of halogens is 2. The first kappa shape index (κ1) is 21.2. The van der Waals surface area contributed by atoms with Crippen LogP contribution < -0.4 is 0 Å². The highest BCUT2D eigenvalue weighted by Crippen LogP contribution is 2.42. The lowest BCUT2D eigenvalue weighted by atomic mass is 9.74. The summed E-state index contributed by atoms with van der Waals surface area (Å²) in [5, 5.41) is 4.79. The monoisotopic (exact) mass is 440 g/mol. The van der Waals surface area contributed by atoms with Gasteiger partial charge in [-0.2, -0.15) is 0 Å². The Morgan fingerprint density at radius 3 is 2.55 bits per heavy atom. The summed E-state index contributed by atoms with van der Waals surface area (Å²) in [7, 11) is 1.60. The lowest BCUT2D eigenvalue weighted by molar-refractivity contribution is -0.132. The maximum absolute atomic E-state index is 13.5. The number of amides is 1. The van der Waals surface area contributed by atoms with Crippen molar-refractivity contribution in [2.75, 3.05) is 7.05 Å². The second-order valence-corrected chi connectivity index (χ2v) is 8.11. The smallest absolute Gasteiger partial charge is 0.294 e. The SMILES string of the molecule is Cc1nc(C(=O)N(C)C2(c3ccccc3Cl)CCCCC2=O)nn1-c1ccc(F)cc1. The Morgan fingerprint density at radius 2 is 1.87 bits per heavy atom. The van der Waals surface area contributed by atoms with Gasteiger partial charge in [-0.25, -0.2) is 14.1 Å². The van der Waals surface area contributed by atoms with Crippen LogP contribution in [0.3, 0.4) is 0 Å². The Bertz CT molecular complexity index is 1140. The van der Waals surface area contributed by atoms with Crippen molar-refractivity contribution < 1.29 is 14.0 Å². The van der Waals surface area contributed by atoms with Gasteiger partial charge in [-0.1, -0.05) is 29.8 Å². The summed E-state index contributed by atoms with van der Waals surface area (Å²) >= 11 is 6.47. The zero-order chi connectivity index (χ0) is 22.2. The van der Waals surface area contributed by atoms with E-state index in [2.05, 4.69) is 10.1 Å². The first-order valence-electron chi connectivity index (χ1n) is 10.1. The molecule has 0 radical (unpaired) electrons. The number of carbonyl (C=O) groups is 2. The minimum atomic E-state index is -1.16. The number of aryl methyl sites for hydroxylation is 1. The lowest BCUT2D eigenvalue weighted by Gasteiger charge is -2.43. The van der Waals surface area contributed by atoms with Crippen LogP contribution >= 0.6 is 11.6 Å². The quantitative estimate of drug-likeness (QED) is 0.600. The average Bonchev–Trinajstić information content (AvgIpc) is 3.16. The third-order valence-electron chi connectivity index (χ3n) is 5.88. The van der Waals surface area contributed by atoms with Crippen LogP contribution in [-0.2, 0) is 10.3 Å². The number of hydrogen-bond donors (Lipinski definition) is 0. The normalized spacial score (nSPS) is 18.8. The van der Waals surface area contributed by atoms with E-state index < -0.39 is 11.4 Å². The van der Waals surface area contributed by atoms with Gasteiger partial charge in [-0.15, -0.1) is 5.10 Å². The fourth-order valence-electron chi connectivity index (χ4n) is 4.26. The van der Waals surface area contributed by atoms with E-state index in [0.29, 0.717) is 34.9 Å². The van der Waals surface area contributed by atoms with Crippen LogP contribution in [0.5, 0.6) is 0 Å². The van der Waals surface area contributed by atoms with Crippen molar-refractivity contribution in [1.82, 2.24) is 19.7 Å². The van der Waals surface area contributed by atoms with Gasteiger partial charge in [0.25, 0.3) is 5.91 Å². The number of hydrogen-bond acceptors (Lipinski definition) is 4. The molecule has 1 amide bonds. The number of rotatable bonds is 4. The highest BCUT2D eigenvalue weighted by molar-refractivity contribution is 6.31. The molecule has 0 N–H and O–H groups in total. The first-order chi connectivity index (χ1) is 14.8. The van der Waals surface area contributed by atoms with Gasteiger partial charge in [0.1, 0.15) is 17.2 Å². The fourth-order valence-corrected chi connectivity index (χ4v) is 4.55. The van der Waals surface area contributed by atoms with Crippen LogP contribution in [0.25, 0.3) is 5.69 Å². The zero-order valence-corrected chi connectivity index (χ0v) is 18.1. The van der Waals surface area contributed by atoms with Crippen molar-refractivity contribution >= 4 is 23.3 Å². The highest BCUT2D eigenvalue weighted by Gasteiger charge is 2.48. The third kappa shape index (κ3) is 3.63. The number of benzene rings is 2. The number of ketones is 1. The van der Waals surface area contributed by atoms with Crippen LogP contribution in [0.2, 0.25) is 5.02 Å². The maximum Gasteiger partial charge on any atom is 0.294 e. The molecule has 0 bridgehead atoms. The molecule has 2 aromatic carbocycles. The Kier molecular flexibility index (Phi) is 5.62. The van der Waals surface area contributed by atoms with Crippen LogP contribution in [0.4, 0.5) is 4.39 Å². The van der Waals surface area contributed by atoms with Gasteiger partial charge in [0.2, 0.25) is 5.82 Å². The summed E-state index contributed by atoms with van der Waals surface area (Å²) in [5.74, 6) is -0.439. The zero-order valence-electron chi connectivity index (χ0n) is 17.3. The van der Waals surface area contributed by atoms with Crippen LogP contribution in [0.1, 0.15) is 47.7 Å². The molecule has 1 heterocycles. The summed E-state index contributed by atoms with van der Waals surface area (Å²) in [5.41, 5.74) is 0.0395. The number of Topliss-reactive ketones (excluding diaryl/α,β-unsaturated/α-hetero) is 1. The molecule has 31 heavy (non-hydrogen) atoms. The summed E-state index contributed by atoms with van der Waals surface area (Å²) in [6.45, 7) is 1.71. The molecule has 0 aliphatic heterocycles. The lowest BCUT2D eigenvalue weighted by Crippen LogP contribution is -2.54. The predicted molar refractivity (Wildman–Crippen MR) is 115 cm³/mol. The van der Waals surface area contributed by atoms with Crippen molar-refractivity contribution in [1.29, 1.82) is 0 Å². The molecule has 6 nitrogen and oxygen atoms in total. The highest BCUT2D eigenvalue weighted by atomic mass is 35.5. The van der Waals surface area contributed by atoms with E-state index in [-0.39, 0.29) is 17.4 Å². The Balaban J connectivity index is 1.75. The van der Waals surface area contributed by atoms with Gasteiger partial charge in [-0.05, 0) is 56.5 Å². The van der Waals surface area contributed by atoms with Gasteiger partial charge < -0.3 is 4.90 Å². The Labute approximate surface area is 184 Å². The topological polar surface area (TPSA) is 68.1 Å². The van der Waals surface area contributed by atoms with Crippen LogP contribution in [0, 0.1) is 12.7 Å². The van der Waals surface area contributed by atoms with Crippen molar-refractivity contribution in [2.24, 2.45) is 0 Å². The first-order valence-corrected chi connectivity index (χ1v) is 10.5. The Hall–Kier alpha value is -3.06. The molecule has 1 aromatic heterocycles. The Morgan fingerprint density at radius 1 is 1.16 bits per heavy atom. The van der Waals surface area contributed by atoms with Crippen molar-refractivity contribution in [2.45, 2.75) is 38.1 Å². The standard InChI is InChI=1S/C23H22ClFN4O2/c1-15-26-21(27-29(15)17-12-10-16(25)11-13-17)22(31)28(2)23(14-6-5-9-20(23)30)18-7-3-4-8-19(18)24/h3-4,7-8,10-13H,5-6,9,14H2,1-2H3. The van der Waals surface area contributed by atoms with E-state index in [0.717, 1.165) is 12.8 Å². The van der Waals surface area contributed by atoms with Crippen LogP contribution in [0.15, 0.2) is 48.5 Å². The molecule has 0 saturated heterocycles. The molecule has 1 fully saturated rings. The van der Waals surface area contributed by atoms with E-state index in [4.69, 9.17) is 11.6 Å². The van der Waals surface area contributed by atoms with Crippen molar-refractivity contribution in [3.63, 3.8) is 0 Å². The van der Waals surface area contributed by atoms with Crippen LogP contribution in [-0.4, -0.2) is 38.4 Å². The van der Waals surface area contributed by atoms with Crippen molar-refractivity contribution in [3.05, 3.63) is 76.6 Å². The van der Waals surface area contributed by atoms with Crippen molar-refractivity contribution in [3.8, 4) is 5.69 Å². The molecular weight excluding hydrogens is 419 g/mol. The van der Waals surface area contributed by atoms with E-state index in [1.165, 1.54) is 21.7 Å². The molecule has 4 rings (SSSR count). The molecule has 160 valence electrons. The minimum absolute atomic E-state index is 0.0332. The van der Waals surface area contributed by atoms with Gasteiger partial charge in [-0.3, -0.25) is 9.59 Å². The molecule has 1 saturated carbocycles. The van der Waals surface area contributed by atoms with E-state index in [1.807, 2.05) is 6.07 Å². The van der Waals surface area contributed by atoms with E-state index in [1.54, 1.807) is 44.3 Å². The van der Waals surface area contributed by atoms with E-state index >= 15 is 0 Å². The predicted octanol–water partition coefficient (Wildman–Crippen LogP) is 4.48. The fraction of sp³-hybridized carbons (Fsp3) is 0.304. The third-order valence-corrected chi connectivity index (χ3v) is 6.21.